The molecule has 0 bridgehead atoms. The molecular weight excluding hydrogens is 320 g/mol. The lowest BCUT2D eigenvalue weighted by molar-refractivity contribution is 0.0954. The van der Waals surface area contributed by atoms with Crippen molar-refractivity contribution in [2.75, 3.05) is 19.0 Å². The molecule has 3 N–H and O–H groups in total. The van der Waals surface area contributed by atoms with Crippen molar-refractivity contribution in [3.8, 4) is 0 Å². The molecule has 0 aliphatic carbocycles. The second-order valence-electron chi connectivity index (χ2n) is 5.42. The van der Waals surface area contributed by atoms with Gasteiger partial charge in [0.25, 0.3) is 5.91 Å². The Morgan fingerprint density at radius 3 is 2.80 bits per heavy atom. The average molecular weight is 338 g/mol. The molecule has 0 atom stereocenters. The van der Waals surface area contributed by atoms with E-state index in [0.717, 1.165) is 16.6 Å². The van der Waals surface area contributed by atoms with Gasteiger partial charge in [0.15, 0.2) is 0 Å². The van der Waals surface area contributed by atoms with Crippen LogP contribution < -0.4 is 10.6 Å². The van der Waals surface area contributed by atoms with Crippen LogP contribution in [0.2, 0.25) is 0 Å². The topological polar surface area (TPSA) is 96.1 Å². The first-order valence-electron chi connectivity index (χ1n) is 7.81. The largest absolute Gasteiger partial charge is 0.453 e. The summed E-state index contributed by atoms with van der Waals surface area (Å²) in [7, 11) is 1.30. The molecule has 128 valence electrons. The summed E-state index contributed by atoms with van der Waals surface area (Å²) in [6.45, 7) is 0.495. The third-order valence-electron chi connectivity index (χ3n) is 3.76. The predicted octanol–water partition coefficient (Wildman–Crippen LogP) is 2.71. The summed E-state index contributed by atoms with van der Waals surface area (Å²) in [5, 5.41) is 6.38. The van der Waals surface area contributed by atoms with Crippen LogP contribution in [0.5, 0.6) is 0 Å². The number of anilines is 1. The zero-order valence-electron chi connectivity index (χ0n) is 13.7. The van der Waals surface area contributed by atoms with Crippen molar-refractivity contribution < 1.29 is 14.3 Å². The minimum absolute atomic E-state index is 0.105. The number of nitrogens with zero attached hydrogens (tertiary/aromatic N) is 1. The molecule has 3 aromatic rings. The van der Waals surface area contributed by atoms with E-state index in [1.807, 2.05) is 30.5 Å². The first-order chi connectivity index (χ1) is 12.2. The number of methoxy groups -OCH3 is 1. The number of carbonyl (C=O) groups excluding carboxylic acids is 2. The number of benzene rings is 1. The van der Waals surface area contributed by atoms with E-state index in [9.17, 15) is 9.59 Å². The summed E-state index contributed by atoms with van der Waals surface area (Å²) >= 11 is 0. The SMILES string of the molecule is COC(=O)Nc1cnc2[nH]cc(CCNC(=O)c3ccccc3)c2c1. The third kappa shape index (κ3) is 3.95. The van der Waals surface area contributed by atoms with Crippen molar-refractivity contribution >= 4 is 28.7 Å². The Bertz CT molecular complexity index is 890. The van der Waals surface area contributed by atoms with Crippen molar-refractivity contribution in [1.82, 2.24) is 15.3 Å². The number of hydrogen-bond donors (Lipinski definition) is 3. The van der Waals surface area contributed by atoms with Crippen LogP contribution in [-0.4, -0.2) is 35.6 Å². The van der Waals surface area contributed by atoms with Gasteiger partial charge in [-0.1, -0.05) is 18.2 Å². The van der Waals surface area contributed by atoms with E-state index in [1.54, 1.807) is 18.3 Å². The van der Waals surface area contributed by atoms with Crippen LogP contribution in [0.1, 0.15) is 15.9 Å². The fraction of sp³-hybridized carbons (Fsp3) is 0.167. The van der Waals surface area contributed by atoms with Crippen molar-refractivity contribution in [1.29, 1.82) is 0 Å². The smallest absolute Gasteiger partial charge is 0.411 e. The summed E-state index contributed by atoms with van der Waals surface area (Å²) in [6, 6.07) is 10.9. The van der Waals surface area contributed by atoms with Gasteiger partial charge in [-0.2, -0.15) is 0 Å². The number of aromatic amines is 1. The highest BCUT2D eigenvalue weighted by Gasteiger charge is 2.09. The monoisotopic (exact) mass is 338 g/mol. The van der Waals surface area contributed by atoms with Crippen LogP contribution in [0, 0.1) is 0 Å². The second kappa shape index (κ2) is 7.48. The van der Waals surface area contributed by atoms with E-state index in [4.69, 9.17) is 0 Å². The minimum atomic E-state index is -0.548. The predicted molar refractivity (Wildman–Crippen MR) is 94.6 cm³/mol. The molecule has 0 aliphatic rings. The number of H-pyrrole nitrogens is 1. The molecule has 0 saturated heterocycles. The van der Waals surface area contributed by atoms with Crippen LogP contribution in [-0.2, 0) is 11.2 Å². The fourth-order valence-electron chi connectivity index (χ4n) is 2.50. The number of pyridine rings is 1. The van der Waals surface area contributed by atoms with Gasteiger partial charge in [0.1, 0.15) is 5.65 Å². The fourth-order valence-corrected chi connectivity index (χ4v) is 2.50. The van der Waals surface area contributed by atoms with E-state index in [-0.39, 0.29) is 5.91 Å². The number of ether oxygens (including phenoxy) is 1. The van der Waals surface area contributed by atoms with Crippen LogP contribution in [0.3, 0.4) is 0 Å². The van der Waals surface area contributed by atoms with Gasteiger partial charge in [-0.25, -0.2) is 9.78 Å². The average Bonchev–Trinajstić information content (AvgIpc) is 3.04. The van der Waals surface area contributed by atoms with Gasteiger partial charge < -0.3 is 15.0 Å². The van der Waals surface area contributed by atoms with E-state index in [2.05, 4.69) is 25.3 Å². The molecule has 25 heavy (non-hydrogen) atoms. The Balaban J connectivity index is 1.66. The molecule has 2 aromatic heterocycles. The molecule has 0 saturated carbocycles. The Morgan fingerprint density at radius 2 is 2.04 bits per heavy atom. The van der Waals surface area contributed by atoms with E-state index >= 15 is 0 Å². The number of amides is 2. The molecule has 1 aromatic carbocycles. The molecule has 0 aliphatic heterocycles. The molecule has 0 unspecified atom stereocenters. The lowest BCUT2D eigenvalue weighted by atomic mass is 10.1. The molecule has 2 heterocycles. The molecule has 7 nitrogen and oxygen atoms in total. The Kier molecular flexibility index (Phi) is 4.94. The number of aromatic nitrogens is 2. The zero-order valence-corrected chi connectivity index (χ0v) is 13.7. The lowest BCUT2D eigenvalue weighted by Gasteiger charge is -2.06. The Morgan fingerprint density at radius 1 is 1.24 bits per heavy atom. The van der Waals surface area contributed by atoms with Crippen LogP contribution >= 0.6 is 0 Å². The summed E-state index contributed by atoms with van der Waals surface area (Å²) in [5.41, 5.74) is 2.91. The zero-order chi connectivity index (χ0) is 17.6. The Labute approximate surface area is 144 Å². The van der Waals surface area contributed by atoms with Gasteiger partial charge in [-0.15, -0.1) is 0 Å². The Hall–Kier alpha value is -3.35. The summed E-state index contributed by atoms with van der Waals surface area (Å²) in [5.74, 6) is -0.105. The number of fused-ring (bicyclic) bond motifs is 1. The molecule has 7 heteroatoms. The highest BCUT2D eigenvalue weighted by molar-refractivity contribution is 5.94. The van der Waals surface area contributed by atoms with Crippen LogP contribution in [0.4, 0.5) is 10.5 Å². The standard InChI is InChI=1S/C18H18N4O3/c1-25-18(24)22-14-9-15-13(10-20-16(15)21-11-14)7-8-19-17(23)12-5-3-2-4-6-12/h2-6,9-11H,7-8H2,1H3,(H,19,23)(H,20,21)(H,22,24). The first kappa shape index (κ1) is 16.5. The number of nitrogens with one attached hydrogen (secondary N) is 3. The normalized spacial score (nSPS) is 10.4. The van der Waals surface area contributed by atoms with Gasteiger partial charge in [-0.3, -0.25) is 10.1 Å². The molecule has 0 spiro atoms. The maximum Gasteiger partial charge on any atom is 0.411 e. The highest BCUT2D eigenvalue weighted by Crippen LogP contribution is 2.20. The van der Waals surface area contributed by atoms with Crippen molar-refractivity contribution in [2.45, 2.75) is 6.42 Å². The maximum atomic E-state index is 12.1. The minimum Gasteiger partial charge on any atom is -0.453 e. The second-order valence-corrected chi connectivity index (χ2v) is 5.42. The van der Waals surface area contributed by atoms with E-state index in [0.29, 0.717) is 24.2 Å². The van der Waals surface area contributed by atoms with Gasteiger partial charge in [0.05, 0.1) is 19.0 Å². The van der Waals surface area contributed by atoms with E-state index < -0.39 is 6.09 Å². The lowest BCUT2D eigenvalue weighted by Crippen LogP contribution is -2.25. The van der Waals surface area contributed by atoms with Gasteiger partial charge >= 0.3 is 6.09 Å². The molecule has 3 rings (SSSR count). The molecule has 0 fully saturated rings. The van der Waals surface area contributed by atoms with Crippen LogP contribution in [0.15, 0.2) is 48.8 Å². The number of rotatable bonds is 5. The van der Waals surface area contributed by atoms with Gasteiger partial charge in [0.2, 0.25) is 0 Å². The first-order valence-corrected chi connectivity index (χ1v) is 7.81. The molecular formula is C18H18N4O3. The molecule has 0 radical (unpaired) electrons. The summed E-state index contributed by atoms with van der Waals surface area (Å²) in [4.78, 5) is 30.7. The summed E-state index contributed by atoms with van der Waals surface area (Å²) < 4.78 is 4.58. The third-order valence-corrected chi connectivity index (χ3v) is 3.76. The molecule has 2 amide bonds. The quantitative estimate of drug-likeness (QED) is 0.666. The van der Waals surface area contributed by atoms with Crippen molar-refractivity contribution in [2.24, 2.45) is 0 Å². The highest BCUT2D eigenvalue weighted by atomic mass is 16.5. The maximum absolute atomic E-state index is 12.1. The number of hydrogen-bond acceptors (Lipinski definition) is 4. The van der Waals surface area contributed by atoms with Crippen LogP contribution in [0.25, 0.3) is 11.0 Å². The van der Waals surface area contributed by atoms with E-state index in [1.165, 1.54) is 7.11 Å². The van der Waals surface area contributed by atoms with Gasteiger partial charge in [0, 0.05) is 23.7 Å². The van der Waals surface area contributed by atoms with Crippen molar-refractivity contribution in [3.05, 3.63) is 59.9 Å². The summed E-state index contributed by atoms with van der Waals surface area (Å²) in [6.07, 6.45) is 3.50. The van der Waals surface area contributed by atoms with Crippen molar-refractivity contribution in [3.63, 3.8) is 0 Å². The van der Waals surface area contributed by atoms with Gasteiger partial charge in [-0.05, 0) is 30.2 Å². The number of carbonyl (C=O) groups is 2.